The number of benzene rings is 2. The van der Waals surface area contributed by atoms with Crippen LogP contribution in [0.15, 0.2) is 67.7 Å². The second kappa shape index (κ2) is 7.76. The highest BCUT2D eigenvalue weighted by molar-refractivity contribution is 7.90. The van der Waals surface area contributed by atoms with Crippen LogP contribution in [0.3, 0.4) is 0 Å². The van der Waals surface area contributed by atoms with E-state index in [-0.39, 0.29) is 21.5 Å². The van der Waals surface area contributed by atoms with Crippen LogP contribution >= 0.6 is 0 Å². The van der Waals surface area contributed by atoms with Gasteiger partial charge in [-0.3, -0.25) is 13.8 Å². The van der Waals surface area contributed by atoms with Crippen molar-refractivity contribution >= 4 is 32.2 Å². The molecule has 0 saturated carbocycles. The Bertz CT molecular complexity index is 1780. The van der Waals surface area contributed by atoms with Crippen molar-refractivity contribution in [1.29, 1.82) is 0 Å². The van der Waals surface area contributed by atoms with Crippen LogP contribution in [-0.4, -0.2) is 37.9 Å². The van der Waals surface area contributed by atoms with Crippen molar-refractivity contribution in [2.45, 2.75) is 18.2 Å². The molecule has 34 heavy (non-hydrogen) atoms. The van der Waals surface area contributed by atoms with Gasteiger partial charge < -0.3 is 9.15 Å². The topological polar surface area (TPSA) is 123 Å². The van der Waals surface area contributed by atoms with E-state index in [0.29, 0.717) is 27.5 Å². The van der Waals surface area contributed by atoms with Crippen molar-refractivity contribution in [1.82, 2.24) is 22.9 Å². The number of hydrogen-bond donors (Lipinski definition) is 0. The van der Waals surface area contributed by atoms with Gasteiger partial charge >= 0.3 is 11.4 Å². The summed E-state index contributed by atoms with van der Waals surface area (Å²) in [4.78, 5) is 25.6. The van der Waals surface area contributed by atoms with Crippen molar-refractivity contribution in [2.24, 2.45) is 14.1 Å². The number of hydrogen-bond acceptors (Lipinski definition) is 7. The van der Waals surface area contributed by atoms with E-state index in [0.717, 1.165) is 6.42 Å². The van der Waals surface area contributed by atoms with Gasteiger partial charge in [0.2, 0.25) is 0 Å². The molecule has 3 heterocycles. The van der Waals surface area contributed by atoms with Crippen LogP contribution in [0, 0.1) is 0 Å². The number of rotatable bonds is 6. The molecule has 0 aliphatic rings. The fourth-order valence-electron chi connectivity index (χ4n) is 3.84. The molecular formula is C22H21N5O6S. The Kier molecular flexibility index (Phi) is 4.97. The van der Waals surface area contributed by atoms with E-state index in [1.54, 1.807) is 37.4 Å². The van der Waals surface area contributed by atoms with Crippen LogP contribution in [0.2, 0.25) is 0 Å². The highest BCUT2D eigenvalue weighted by Gasteiger charge is 2.28. The normalized spacial score (nSPS) is 12.1. The van der Waals surface area contributed by atoms with Crippen LogP contribution in [0.1, 0.15) is 13.3 Å². The molecule has 0 spiro atoms. The average Bonchev–Trinajstić information content (AvgIpc) is 3.45. The maximum Gasteiger partial charge on any atom is 0.419 e. The Labute approximate surface area is 193 Å². The quantitative estimate of drug-likeness (QED) is 0.362. The number of fused-ring (bicyclic) bond motifs is 2. The number of nitrogens with zero attached hydrogens (tertiary/aromatic N) is 5. The minimum Gasteiger partial charge on any atom is -0.494 e. The number of aryl methyl sites for hydroxylation is 2. The fraction of sp³-hybridized carbons (Fsp3) is 0.227. The third-order valence-corrected chi connectivity index (χ3v) is 7.12. The average molecular weight is 484 g/mol. The summed E-state index contributed by atoms with van der Waals surface area (Å²) >= 11 is 0. The third kappa shape index (κ3) is 3.25. The van der Waals surface area contributed by atoms with Gasteiger partial charge in [-0.2, -0.15) is 9.07 Å². The maximum atomic E-state index is 13.7. The minimum atomic E-state index is -4.32. The number of imidazole rings is 1. The largest absolute Gasteiger partial charge is 0.494 e. The van der Waals surface area contributed by atoms with Crippen molar-refractivity contribution in [3.63, 3.8) is 0 Å². The lowest BCUT2D eigenvalue weighted by atomic mass is 10.2. The number of oxazole rings is 1. The summed E-state index contributed by atoms with van der Waals surface area (Å²) in [6, 6.07) is 9.77. The third-order valence-electron chi connectivity index (χ3n) is 5.48. The lowest BCUT2D eigenvalue weighted by Gasteiger charge is -2.08. The molecular weight excluding hydrogens is 462 g/mol. The van der Waals surface area contributed by atoms with Crippen molar-refractivity contribution < 1.29 is 17.6 Å². The van der Waals surface area contributed by atoms with Gasteiger partial charge in [0.05, 0.1) is 35.0 Å². The lowest BCUT2D eigenvalue weighted by Crippen LogP contribution is -2.28. The standard InChI is InChI=1S/C22H21N5O6S/c1-4-8-32-15-7-5-6-14(9-15)26-17-10-19-20(33-22(29)25(19)3)11-18(17)27(21(26)28)34(30,31)16-12-23-24(2)13-16/h5-7,9-13H,4,8H2,1-3H3. The first-order chi connectivity index (χ1) is 16.2. The molecule has 2 aromatic carbocycles. The predicted molar refractivity (Wildman–Crippen MR) is 124 cm³/mol. The highest BCUT2D eigenvalue weighted by atomic mass is 32.2. The zero-order valence-electron chi connectivity index (χ0n) is 18.6. The van der Waals surface area contributed by atoms with Crippen molar-refractivity contribution in [3.05, 3.63) is 69.8 Å². The Morgan fingerprint density at radius 1 is 1.06 bits per heavy atom. The first-order valence-corrected chi connectivity index (χ1v) is 11.9. The van der Waals surface area contributed by atoms with Crippen LogP contribution in [0.25, 0.3) is 27.8 Å². The summed E-state index contributed by atoms with van der Waals surface area (Å²) in [5.41, 5.74) is 0.540. The van der Waals surface area contributed by atoms with E-state index in [4.69, 9.17) is 9.15 Å². The molecule has 176 valence electrons. The van der Waals surface area contributed by atoms with Gasteiger partial charge in [0, 0.05) is 32.4 Å². The van der Waals surface area contributed by atoms with Crippen molar-refractivity contribution in [3.8, 4) is 11.4 Å². The van der Waals surface area contributed by atoms with E-state index in [2.05, 4.69) is 5.10 Å². The molecule has 0 fully saturated rings. The lowest BCUT2D eigenvalue weighted by molar-refractivity contribution is 0.317. The summed E-state index contributed by atoms with van der Waals surface area (Å²) in [7, 11) is -1.21. The van der Waals surface area contributed by atoms with Gasteiger partial charge in [-0.1, -0.05) is 13.0 Å². The van der Waals surface area contributed by atoms with Gasteiger partial charge in [-0.25, -0.2) is 18.0 Å². The Balaban J connectivity index is 1.88. The van der Waals surface area contributed by atoms with Gasteiger partial charge in [0.15, 0.2) is 5.58 Å². The van der Waals surface area contributed by atoms with E-state index < -0.39 is 21.5 Å². The zero-order valence-corrected chi connectivity index (χ0v) is 19.4. The van der Waals surface area contributed by atoms with Gasteiger partial charge in [0.1, 0.15) is 10.6 Å². The molecule has 0 atom stereocenters. The highest BCUT2D eigenvalue weighted by Crippen LogP contribution is 2.27. The monoisotopic (exact) mass is 483 g/mol. The van der Waals surface area contributed by atoms with Crippen LogP contribution < -0.4 is 16.2 Å². The molecule has 0 amide bonds. The van der Waals surface area contributed by atoms with Crippen LogP contribution in [0.5, 0.6) is 5.75 Å². The number of ether oxygens (including phenoxy) is 1. The predicted octanol–water partition coefficient (Wildman–Crippen LogP) is 2.00. The molecule has 5 rings (SSSR count). The fourth-order valence-corrected chi connectivity index (χ4v) is 5.21. The molecule has 11 nitrogen and oxygen atoms in total. The van der Waals surface area contributed by atoms with Crippen LogP contribution in [0.4, 0.5) is 0 Å². The van der Waals surface area contributed by atoms with E-state index in [9.17, 15) is 18.0 Å². The molecule has 0 unspecified atom stereocenters. The SMILES string of the molecule is CCCOc1cccc(-n2c(=O)n(S(=O)(=O)c3cnn(C)c3)c3cc4oc(=O)n(C)c4cc32)c1. The van der Waals surface area contributed by atoms with Crippen molar-refractivity contribution in [2.75, 3.05) is 6.61 Å². The molecule has 0 aliphatic heterocycles. The molecule has 0 N–H and O–H groups in total. The number of aromatic nitrogens is 5. The van der Waals surface area contributed by atoms with E-state index in [1.165, 1.54) is 39.3 Å². The summed E-state index contributed by atoms with van der Waals surface area (Å²) in [6.45, 7) is 2.47. The summed E-state index contributed by atoms with van der Waals surface area (Å²) in [6.07, 6.45) is 3.29. The molecule has 0 aliphatic carbocycles. The minimum absolute atomic E-state index is 0.0654. The molecule has 0 saturated heterocycles. The Morgan fingerprint density at radius 3 is 2.56 bits per heavy atom. The zero-order chi connectivity index (χ0) is 24.2. The molecule has 12 heteroatoms. The Morgan fingerprint density at radius 2 is 1.85 bits per heavy atom. The molecule has 3 aromatic heterocycles. The maximum absolute atomic E-state index is 13.7. The second-order valence-electron chi connectivity index (χ2n) is 7.82. The Hall–Kier alpha value is -4.06. The smallest absolute Gasteiger partial charge is 0.419 e. The van der Waals surface area contributed by atoms with E-state index in [1.807, 2.05) is 6.92 Å². The first kappa shape index (κ1) is 21.8. The first-order valence-electron chi connectivity index (χ1n) is 10.5. The second-order valence-corrected chi connectivity index (χ2v) is 9.61. The van der Waals surface area contributed by atoms with Gasteiger partial charge in [-0.15, -0.1) is 0 Å². The molecule has 0 radical (unpaired) electrons. The summed E-state index contributed by atoms with van der Waals surface area (Å²) < 4.78 is 42.6. The van der Waals surface area contributed by atoms with Gasteiger partial charge in [-0.05, 0) is 24.6 Å². The summed E-state index contributed by atoms with van der Waals surface area (Å²) in [5.74, 6) is -0.0627. The van der Waals surface area contributed by atoms with E-state index >= 15 is 0 Å². The summed E-state index contributed by atoms with van der Waals surface area (Å²) in [5, 5.41) is 3.92. The van der Waals surface area contributed by atoms with Gasteiger partial charge in [0.25, 0.3) is 10.0 Å². The van der Waals surface area contributed by atoms with Crippen LogP contribution in [-0.2, 0) is 24.1 Å². The molecule has 0 bridgehead atoms. The molecule has 5 aromatic rings.